The first-order valence-electron chi connectivity index (χ1n) is 12.1. The van der Waals surface area contributed by atoms with E-state index < -0.39 is 11.7 Å². The van der Waals surface area contributed by atoms with E-state index in [0.717, 1.165) is 18.1 Å². The summed E-state index contributed by atoms with van der Waals surface area (Å²) in [5, 5.41) is 2.94. The number of nitrogens with zero attached hydrogens (tertiary/aromatic N) is 1. The number of halogens is 3. The fourth-order valence-corrected chi connectivity index (χ4v) is 3.32. The van der Waals surface area contributed by atoms with Gasteiger partial charge in [0.1, 0.15) is 0 Å². The van der Waals surface area contributed by atoms with Crippen LogP contribution in [0.25, 0.3) is 0 Å². The summed E-state index contributed by atoms with van der Waals surface area (Å²) in [5.41, 5.74) is 11.8. The van der Waals surface area contributed by atoms with E-state index in [1.165, 1.54) is 50.8 Å². The third kappa shape index (κ3) is 13.1. The molecule has 0 aliphatic carbocycles. The monoisotopic (exact) mass is 707 g/mol. The zero-order valence-electron chi connectivity index (χ0n) is 21.7. The molecule has 8 heteroatoms. The Labute approximate surface area is 229 Å². The normalized spacial score (nSPS) is 18.1. The zero-order chi connectivity index (χ0) is 25.4. The van der Waals surface area contributed by atoms with Gasteiger partial charge in [-0.1, -0.05) is 78.7 Å². The van der Waals surface area contributed by atoms with Gasteiger partial charge in [-0.2, -0.15) is 37.4 Å². The first-order chi connectivity index (χ1) is 15.6. The maximum absolute atomic E-state index is 12.6. The van der Waals surface area contributed by atoms with Crippen molar-refractivity contribution in [2.24, 2.45) is 17.4 Å². The fraction of sp³-hybridized carbons (Fsp3) is 0.615. The molecule has 1 aromatic rings. The molecule has 0 saturated heterocycles. The van der Waals surface area contributed by atoms with E-state index in [9.17, 15) is 13.2 Å². The summed E-state index contributed by atoms with van der Waals surface area (Å²) in [5.74, 6) is 1.41. The molecule has 34 heavy (non-hydrogen) atoms. The minimum absolute atomic E-state index is 0. The Morgan fingerprint density at radius 1 is 1.21 bits per heavy atom. The number of hydrogen-bond acceptors (Lipinski definition) is 4. The molecule has 2 rings (SSSR count). The number of rotatable bonds is 7. The van der Waals surface area contributed by atoms with Crippen LogP contribution in [0.3, 0.4) is 0 Å². The minimum atomic E-state index is -4.37. The largest absolute Gasteiger partial charge is 0.403 e. The molecular weight excluding hydrogens is 663 g/mol. The second-order valence-corrected chi connectivity index (χ2v) is 8.14. The molecule has 2 unspecified atom stereocenters. The second kappa shape index (κ2) is 19.1. The molecular formula is C26H44F3N4U-. The van der Waals surface area contributed by atoms with Crippen LogP contribution in [0.15, 0.2) is 42.0 Å². The predicted molar refractivity (Wildman–Crippen MR) is 133 cm³/mol. The van der Waals surface area contributed by atoms with Crippen LogP contribution in [0.4, 0.5) is 13.2 Å². The van der Waals surface area contributed by atoms with Gasteiger partial charge in [-0.25, -0.2) is 0 Å². The summed E-state index contributed by atoms with van der Waals surface area (Å²) in [6.45, 7) is 11.4. The van der Waals surface area contributed by atoms with Crippen molar-refractivity contribution in [3.63, 3.8) is 0 Å². The van der Waals surface area contributed by atoms with Gasteiger partial charge in [-0.05, 0) is 19.0 Å². The minimum Gasteiger partial charge on any atom is -0.403 e. The van der Waals surface area contributed by atoms with Crippen LogP contribution >= 0.6 is 0 Å². The van der Waals surface area contributed by atoms with Gasteiger partial charge >= 0.3 is 6.18 Å². The fourth-order valence-electron chi connectivity index (χ4n) is 3.32. The van der Waals surface area contributed by atoms with E-state index in [4.69, 9.17) is 11.5 Å². The second-order valence-electron chi connectivity index (χ2n) is 8.14. The van der Waals surface area contributed by atoms with Gasteiger partial charge < -0.3 is 16.8 Å². The van der Waals surface area contributed by atoms with Crippen LogP contribution in [0.5, 0.6) is 0 Å². The molecule has 1 heterocycles. The van der Waals surface area contributed by atoms with Crippen LogP contribution < -0.4 is 16.8 Å². The molecule has 0 radical (unpaired) electrons. The smallest absolute Gasteiger partial charge is 0.370 e. The molecule has 0 saturated carbocycles. The molecule has 5 N–H and O–H groups in total. The first kappa shape index (κ1) is 35.1. The van der Waals surface area contributed by atoms with Gasteiger partial charge in [0.2, 0.25) is 0 Å². The maximum atomic E-state index is 12.6. The molecule has 1 aliphatic heterocycles. The summed E-state index contributed by atoms with van der Waals surface area (Å²) in [7, 11) is 1.83. The van der Waals surface area contributed by atoms with Crippen molar-refractivity contribution in [3.8, 4) is 0 Å². The summed E-state index contributed by atoms with van der Waals surface area (Å²) < 4.78 is 37.8. The number of alkyl halides is 3. The summed E-state index contributed by atoms with van der Waals surface area (Å²) in [6, 6.07) is 5.73. The predicted octanol–water partition coefficient (Wildman–Crippen LogP) is 6.71. The van der Waals surface area contributed by atoms with Crippen molar-refractivity contribution < 1.29 is 44.3 Å². The molecule has 4 nitrogen and oxygen atoms in total. The number of hydrogen-bond donors (Lipinski definition) is 3. The van der Waals surface area contributed by atoms with Gasteiger partial charge in [-0.15, -0.1) is 5.56 Å². The van der Waals surface area contributed by atoms with Crippen molar-refractivity contribution in [2.75, 3.05) is 13.6 Å². The molecule has 0 bridgehead atoms. The van der Waals surface area contributed by atoms with Crippen molar-refractivity contribution in [1.29, 1.82) is 0 Å². The standard InChI is InChI=1S/C14H16F3N4.C10H22.C2H6.U/c1-21-7-6-12(19)20-11(8-18)13(21)9-2-4-10(5-3-9)14(15,16)17;1-4-6-7-8-9-10(3)5-2;1-2;/h2,4-6,8,13,20H,7,18-19H2,1H3;10H,4-9H2,1-3H3;1-2H3;/q-1;;;/b11-8-;;;. The maximum Gasteiger partial charge on any atom is 0.370 e. The van der Waals surface area contributed by atoms with E-state index >= 15 is 0 Å². The Balaban J connectivity index is 0. The van der Waals surface area contributed by atoms with Gasteiger partial charge in [0.05, 0.1) is 17.6 Å². The van der Waals surface area contributed by atoms with Gasteiger partial charge in [-0.3, -0.25) is 4.90 Å². The van der Waals surface area contributed by atoms with Crippen molar-refractivity contribution in [2.45, 2.75) is 85.4 Å². The number of unbranched alkanes of at least 4 members (excludes halogenated alkanes) is 3. The van der Waals surface area contributed by atoms with Crippen molar-refractivity contribution in [3.05, 3.63) is 59.2 Å². The van der Waals surface area contributed by atoms with Gasteiger partial charge in [0, 0.05) is 43.9 Å². The van der Waals surface area contributed by atoms with Crippen LogP contribution in [0, 0.1) is 43.1 Å². The SMILES string of the molecule is CC.CCCCCCC(C)CC.CN1CC=C(N)N/C(=C\N)C1c1[c-]cc(C(F)(F)F)cc1.[U]. The summed E-state index contributed by atoms with van der Waals surface area (Å²) in [6.07, 6.45) is 7.23. The average molecular weight is 708 g/mol. The van der Waals surface area contributed by atoms with Crippen LogP contribution in [0.1, 0.15) is 90.3 Å². The number of benzene rings is 1. The van der Waals surface area contributed by atoms with Crippen LogP contribution in [0.2, 0.25) is 0 Å². The van der Waals surface area contributed by atoms with E-state index in [1.807, 2.05) is 25.8 Å². The van der Waals surface area contributed by atoms with Gasteiger partial charge in [0.25, 0.3) is 0 Å². The first-order valence-corrected chi connectivity index (χ1v) is 12.1. The third-order valence-electron chi connectivity index (χ3n) is 5.51. The number of nitrogens with one attached hydrogen (secondary N) is 1. The Morgan fingerprint density at radius 2 is 1.85 bits per heavy atom. The Morgan fingerprint density at radius 3 is 2.32 bits per heavy atom. The number of nitrogens with two attached hydrogens (primary N) is 2. The quantitative estimate of drug-likeness (QED) is 0.218. The topological polar surface area (TPSA) is 67.3 Å². The van der Waals surface area contributed by atoms with Crippen molar-refractivity contribution >= 4 is 0 Å². The zero-order valence-corrected chi connectivity index (χ0v) is 25.9. The Hall–Kier alpha value is -1.10. The van der Waals surface area contributed by atoms with Gasteiger partial charge in [0.15, 0.2) is 0 Å². The molecule has 0 amide bonds. The summed E-state index contributed by atoms with van der Waals surface area (Å²) in [4.78, 5) is 1.91. The molecule has 0 spiro atoms. The number of likely N-dealkylation sites (N-methyl/N-ethyl adjacent to an activating group) is 1. The molecule has 1 aromatic carbocycles. The van der Waals surface area contributed by atoms with E-state index in [-0.39, 0.29) is 37.2 Å². The van der Waals surface area contributed by atoms with Crippen LogP contribution in [-0.2, 0) is 6.18 Å². The Kier molecular flexibility index (Phi) is 19.7. The summed E-state index contributed by atoms with van der Waals surface area (Å²) >= 11 is 0. The van der Waals surface area contributed by atoms with E-state index in [0.29, 0.717) is 23.6 Å². The molecule has 0 aromatic heterocycles. The average Bonchev–Trinajstić information content (AvgIpc) is 2.95. The van der Waals surface area contributed by atoms with E-state index in [2.05, 4.69) is 32.2 Å². The van der Waals surface area contributed by atoms with Crippen molar-refractivity contribution in [1.82, 2.24) is 10.2 Å². The Bertz CT molecular complexity index is 703. The van der Waals surface area contributed by atoms with E-state index in [1.54, 1.807) is 6.08 Å². The molecule has 1 aliphatic rings. The molecule has 2 atom stereocenters. The molecule has 0 fully saturated rings. The molecule has 194 valence electrons. The van der Waals surface area contributed by atoms with Crippen LogP contribution in [-0.4, -0.2) is 18.5 Å². The third-order valence-corrected chi connectivity index (χ3v) is 5.51.